The largest absolute Gasteiger partial charge is 0.370 e. The molecule has 0 radical (unpaired) electrons. The van der Waals surface area contributed by atoms with Crippen molar-refractivity contribution in [3.63, 3.8) is 0 Å². The Hall–Kier alpha value is -2.14. The Labute approximate surface area is 178 Å². The van der Waals surface area contributed by atoms with Crippen LogP contribution in [0.4, 0.5) is 5.69 Å². The topological polar surface area (TPSA) is 68.8 Å². The van der Waals surface area contributed by atoms with Crippen molar-refractivity contribution in [1.82, 2.24) is 19.8 Å². The van der Waals surface area contributed by atoms with Gasteiger partial charge in [-0.05, 0) is 75.9 Å². The zero-order valence-electron chi connectivity index (χ0n) is 17.9. The quantitative estimate of drug-likeness (QED) is 0.840. The van der Waals surface area contributed by atoms with Crippen LogP contribution < -0.4 is 10.2 Å². The molecule has 5 heterocycles. The molecule has 1 N–H and O–H groups in total. The number of likely N-dealkylation sites (tertiary alicyclic amines) is 1. The van der Waals surface area contributed by atoms with E-state index in [2.05, 4.69) is 39.3 Å². The maximum absolute atomic E-state index is 9.36. The van der Waals surface area contributed by atoms with E-state index in [9.17, 15) is 5.26 Å². The van der Waals surface area contributed by atoms with Crippen LogP contribution in [-0.4, -0.2) is 72.5 Å². The fourth-order valence-electron chi connectivity index (χ4n) is 5.65. The lowest BCUT2D eigenvalue weighted by atomic mass is 9.73. The fourth-order valence-corrected chi connectivity index (χ4v) is 5.65. The molecule has 3 saturated heterocycles. The van der Waals surface area contributed by atoms with Gasteiger partial charge in [-0.1, -0.05) is 0 Å². The molecule has 3 fully saturated rings. The van der Waals surface area contributed by atoms with Gasteiger partial charge in [0.15, 0.2) is 0 Å². The van der Waals surface area contributed by atoms with Crippen LogP contribution in [0.25, 0.3) is 5.52 Å². The van der Waals surface area contributed by atoms with E-state index < -0.39 is 0 Å². The summed E-state index contributed by atoms with van der Waals surface area (Å²) >= 11 is 0. The van der Waals surface area contributed by atoms with Crippen LogP contribution in [0.15, 0.2) is 24.4 Å². The van der Waals surface area contributed by atoms with Crippen LogP contribution in [0.5, 0.6) is 0 Å². The summed E-state index contributed by atoms with van der Waals surface area (Å²) in [7, 11) is 0. The third-order valence-corrected chi connectivity index (χ3v) is 7.25. The smallest absolute Gasteiger partial charge is 0.142 e. The minimum Gasteiger partial charge on any atom is -0.370 e. The minimum atomic E-state index is 0.182. The molecule has 7 nitrogen and oxygen atoms in total. The highest BCUT2D eigenvalue weighted by atomic mass is 16.5. The molecule has 2 atom stereocenters. The van der Waals surface area contributed by atoms with Crippen molar-refractivity contribution in [3.8, 4) is 6.07 Å². The number of pyridine rings is 1. The van der Waals surface area contributed by atoms with Gasteiger partial charge < -0.3 is 19.9 Å². The third-order valence-electron chi connectivity index (χ3n) is 7.25. The second-order valence-corrected chi connectivity index (χ2v) is 9.40. The first-order valence-corrected chi connectivity index (χ1v) is 11.4. The Bertz CT molecular complexity index is 917. The van der Waals surface area contributed by atoms with Gasteiger partial charge >= 0.3 is 0 Å². The second kappa shape index (κ2) is 8.18. The van der Waals surface area contributed by atoms with Gasteiger partial charge in [0.25, 0.3) is 0 Å². The second-order valence-electron chi connectivity index (χ2n) is 9.40. The zero-order chi connectivity index (χ0) is 20.6. The van der Waals surface area contributed by atoms with E-state index in [-0.39, 0.29) is 12.2 Å². The lowest BCUT2D eigenvalue weighted by Crippen LogP contribution is -2.53. The van der Waals surface area contributed by atoms with Crippen molar-refractivity contribution < 1.29 is 4.74 Å². The Balaban J connectivity index is 1.26. The first-order valence-electron chi connectivity index (χ1n) is 11.4. The summed E-state index contributed by atoms with van der Waals surface area (Å²) in [6.07, 6.45) is 7.47. The van der Waals surface area contributed by atoms with Crippen LogP contribution in [-0.2, 0) is 4.74 Å². The van der Waals surface area contributed by atoms with Gasteiger partial charge in [0.1, 0.15) is 11.8 Å². The summed E-state index contributed by atoms with van der Waals surface area (Å²) in [6, 6.07) is 8.15. The number of hydrogen-bond donors (Lipinski definition) is 1. The monoisotopic (exact) mass is 408 g/mol. The van der Waals surface area contributed by atoms with Crippen molar-refractivity contribution >= 4 is 11.2 Å². The Morgan fingerprint density at radius 1 is 1.23 bits per heavy atom. The Morgan fingerprint density at radius 2 is 2.10 bits per heavy atom. The standard InChI is InChI=1S/C23H32N6O/c1-18-14-28(21-4-3-19(13-24)29-22(21)5-10-26-29)16-20(30-18)15-27-11-7-23(8-12-27)6-2-9-25-17-23/h3-5,10,18,20,25H,2,6-9,11-12,14-17H2,1H3/t18-,20+/m1/s1. The van der Waals surface area contributed by atoms with E-state index in [1.54, 1.807) is 10.7 Å². The minimum absolute atomic E-state index is 0.182. The molecule has 0 bridgehead atoms. The van der Waals surface area contributed by atoms with Crippen LogP contribution in [0, 0.1) is 16.7 Å². The summed E-state index contributed by atoms with van der Waals surface area (Å²) < 4.78 is 8.09. The highest BCUT2D eigenvalue weighted by Crippen LogP contribution is 2.37. The number of hydrogen-bond acceptors (Lipinski definition) is 6. The molecule has 3 aliphatic heterocycles. The summed E-state index contributed by atoms with van der Waals surface area (Å²) in [6.45, 7) is 9.64. The van der Waals surface area contributed by atoms with Crippen molar-refractivity contribution in [3.05, 3.63) is 30.1 Å². The molecule has 0 amide bonds. The number of morpholine rings is 1. The number of aromatic nitrogens is 2. The summed E-state index contributed by atoms with van der Waals surface area (Å²) in [4.78, 5) is 5.02. The molecule has 0 aliphatic carbocycles. The number of fused-ring (bicyclic) bond motifs is 1. The lowest BCUT2D eigenvalue weighted by Gasteiger charge is -2.46. The number of nitrogens with zero attached hydrogens (tertiary/aromatic N) is 5. The summed E-state index contributed by atoms with van der Waals surface area (Å²) in [5, 5.41) is 17.3. The van der Waals surface area contributed by atoms with Gasteiger partial charge in [0.2, 0.25) is 0 Å². The van der Waals surface area contributed by atoms with Crippen molar-refractivity contribution in [2.75, 3.05) is 50.7 Å². The van der Waals surface area contributed by atoms with Gasteiger partial charge in [-0.15, -0.1) is 0 Å². The van der Waals surface area contributed by atoms with Crippen molar-refractivity contribution in [1.29, 1.82) is 5.26 Å². The molecule has 0 saturated carbocycles. The molecule has 1 spiro atoms. The predicted octanol–water partition coefficient (Wildman–Crippen LogP) is 2.27. The molecule has 3 aliphatic rings. The van der Waals surface area contributed by atoms with E-state index >= 15 is 0 Å². The number of nitriles is 1. The van der Waals surface area contributed by atoms with E-state index in [0.29, 0.717) is 11.1 Å². The van der Waals surface area contributed by atoms with E-state index in [1.165, 1.54) is 51.9 Å². The molecule has 160 valence electrons. The first kappa shape index (κ1) is 19.8. The molecule has 2 aromatic heterocycles. The SMILES string of the molecule is C[C@@H]1CN(c2ccc(C#N)n3nccc23)C[C@H](CN2CCC3(CCCNC3)CC2)O1. The van der Waals surface area contributed by atoms with Gasteiger partial charge in [-0.3, -0.25) is 0 Å². The number of ether oxygens (including phenoxy) is 1. The highest BCUT2D eigenvalue weighted by molar-refractivity contribution is 5.74. The molecular weight excluding hydrogens is 376 g/mol. The fraction of sp³-hybridized carbons (Fsp3) is 0.652. The molecule has 2 aromatic rings. The molecular formula is C23H32N6O. The van der Waals surface area contributed by atoms with Crippen LogP contribution in [0.3, 0.4) is 0 Å². The van der Waals surface area contributed by atoms with Crippen molar-refractivity contribution in [2.24, 2.45) is 5.41 Å². The van der Waals surface area contributed by atoms with E-state index in [0.717, 1.165) is 30.8 Å². The Morgan fingerprint density at radius 3 is 2.87 bits per heavy atom. The van der Waals surface area contributed by atoms with Crippen molar-refractivity contribution in [2.45, 2.75) is 44.8 Å². The van der Waals surface area contributed by atoms with Gasteiger partial charge in [-0.25, -0.2) is 4.52 Å². The molecule has 30 heavy (non-hydrogen) atoms. The van der Waals surface area contributed by atoms with E-state index in [4.69, 9.17) is 4.74 Å². The highest BCUT2D eigenvalue weighted by Gasteiger charge is 2.37. The van der Waals surface area contributed by atoms with Gasteiger partial charge in [0, 0.05) is 26.2 Å². The van der Waals surface area contributed by atoms with Gasteiger partial charge in [-0.2, -0.15) is 10.4 Å². The molecule has 0 unspecified atom stereocenters. The number of piperidine rings is 2. The van der Waals surface area contributed by atoms with E-state index in [1.807, 2.05) is 12.1 Å². The van der Waals surface area contributed by atoms with Crippen LogP contribution >= 0.6 is 0 Å². The predicted molar refractivity (Wildman–Crippen MR) is 117 cm³/mol. The zero-order valence-corrected chi connectivity index (χ0v) is 17.9. The lowest BCUT2D eigenvalue weighted by molar-refractivity contribution is -0.0416. The molecule has 7 heteroatoms. The number of nitrogens with one attached hydrogen (secondary N) is 1. The average molecular weight is 409 g/mol. The van der Waals surface area contributed by atoms with Gasteiger partial charge in [0.05, 0.1) is 29.6 Å². The van der Waals surface area contributed by atoms with Crippen LogP contribution in [0.2, 0.25) is 0 Å². The number of anilines is 1. The maximum Gasteiger partial charge on any atom is 0.142 e. The number of rotatable bonds is 3. The van der Waals surface area contributed by atoms with Crippen LogP contribution in [0.1, 0.15) is 38.3 Å². The maximum atomic E-state index is 9.36. The summed E-state index contributed by atoms with van der Waals surface area (Å²) in [5.41, 5.74) is 3.23. The Kier molecular flexibility index (Phi) is 5.40. The third kappa shape index (κ3) is 3.80. The summed E-state index contributed by atoms with van der Waals surface area (Å²) in [5.74, 6) is 0. The molecule has 5 rings (SSSR count). The molecule has 0 aromatic carbocycles. The normalized spacial score (nSPS) is 27.4. The first-order chi connectivity index (χ1) is 14.7. The average Bonchev–Trinajstić information content (AvgIpc) is 3.25.